The van der Waals surface area contributed by atoms with Gasteiger partial charge in [0.1, 0.15) is 0 Å². The van der Waals surface area contributed by atoms with Crippen molar-refractivity contribution in [3.63, 3.8) is 0 Å². The third kappa shape index (κ3) is 25.6. The lowest BCUT2D eigenvalue weighted by atomic mass is 10.1. The van der Waals surface area contributed by atoms with Gasteiger partial charge in [-0.25, -0.2) is 0 Å². The van der Waals surface area contributed by atoms with Crippen molar-refractivity contribution >= 4 is 11.9 Å². The quantitative estimate of drug-likeness (QED) is 0.615. The minimum Gasteiger partial charge on any atom is -0.481 e. The van der Waals surface area contributed by atoms with Gasteiger partial charge in [-0.05, 0) is 12.3 Å². The Labute approximate surface area is 121 Å². The number of carbonyl (C=O) groups is 2. The maximum Gasteiger partial charge on any atom is 0.305 e. The van der Waals surface area contributed by atoms with Crippen molar-refractivity contribution in [1.29, 1.82) is 0 Å². The molecule has 0 aliphatic rings. The number of carboxylic acid groups (broad SMARTS) is 2. The van der Waals surface area contributed by atoms with Crippen molar-refractivity contribution in [1.82, 2.24) is 0 Å². The largest absolute Gasteiger partial charge is 0.481 e. The first-order chi connectivity index (χ1) is 8.95. The number of rotatable bonds is 5. The normalized spacial score (nSPS) is 11.3. The molecule has 0 aliphatic heterocycles. The average Bonchev–Trinajstić information content (AvgIpc) is 2.29. The summed E-state index contributed by atoms with van der Waals surface area (Å²) >= 11 is 0. The Morgan fingerprint density at radius 3 is 1.15 bits per heavy atom. The maximum atomic E-state index is 9.70. The van der Waals surface area contributed by atoms with Crippen molar-refractivity contribution in [2.75, 3.05) is 6.61 Å². The van der Waals surface area contributed by atoms with E-state index in [4.69, 9.17) is 20.4 Å². The van der Waals surface area contributed by atoms with E-state index in [1.807, 2.05) is 13.8 Å². The predicted octanol–water partition coefficient (Wildman–Crippen LogP) is 1.84. The van der Waals surface area contributed by atoms with E-state index in [1.165, 1.54) is 0 Å². The highest BCUT2D eigenvalue weighted by Gasteiger charge is 2.03. The molecule has 0 saturated carbocycles. The molecule has 0 bridgehead atoms. The van der Waals surface area contributed by atoms with Gasteiger partial charge in [-0.2, -0.15) is 0 Å². The Kier molecular flexibility index (Phi) is 17.1. The highest BCUT2D eigenvalue weighted by Crippen LogP contribution is 2.02. The zero-order valence-electron chi connectivity index (χ0n) is 13.3. The molecule has 20 heavy (non-hydrogen) atoms. The summed E-state index contributed by atoms with van der Waals surface area (Å²) in [7, 11) is 0. The summed E-state index contributed by atoms with van der Waals surface area (Å²) < 4.78 is 0. The summed E-state index contributed by atoms with van der Waals surface area (Å²) in [5.74, 6) is -1.47. The minimum atomic E-state index is -0.741. The molecule has 0 saturated heterocycles. The first-order valence-electron chi connectivity index (χ1n) is 6.70. The first kappa shape index (κ1) is 23.9. The molecule has 6 heteroatoms. The van der Waals surface area contributed by atoms with Crippen molar-refractivity contribution < 1.29 is 30.0 Å². The molecule has 1 atom stereocenters. The van der Waals surface area contributed by atoms with E-state index in [9.17, 15) is 9.59 Å². The van der Waals surface area contributed by atoms with Gasteiger partial charge in [0.2, 0.25) is 0 Å². The van der Waals surface area contributed by atoms with Gasteiger partial charge in [0.05, 0.1) is 24.5 Å². The first-order valence-corrected chi connectivity index (χ1v) is 6.70. The van der Waals surface area contributed by atoms with Gasteiger partial charge in [0.15, 0.2) is 0 Å². The van der Waals surface area contributed by atoms with Crippen LogP contribution < -0.4 is 0 Å². The SMILES string of the molecule is CC(C)C(=O)O.CC(C)C(=O)O.CC(C)CC(O)CO. The van der Waals surface area contributed by atoms with Crippen LogP contribution in [-0.2, 0) is 9.59 Å². The standard InChI is InChI=1S/C6H14O2.2C4H8O2/c1-5(2)3-6(8)4-7;2*1-3(2)4(5)6/h5-8H,3-4H2,1-2H3;2*3H,1-2H3,(H,5,6). The van der Waals surface area contributed by atoms with Gasteiger partial charge in [-0.15, -0.1) is 0 Å². The molecule has 0 aromatic carbocycles. The second-order valence-corrected chi connectivity index (χ2v) is 5.45. The van der Waals surface area contributed by atoms with Crippen molar-refractivity contribution in [3.05, 3.63) is 0 Å². The Hall–Kier alpha value is -1.14. The molecule has 1 unspecified atom stereocenters. The second kappa shape index (κ2) is 14.3. The number of aliphatic hydroxyl groups is 2. The Bertz CT molecular complexity index is 230. The summed E-state index contributed by atoms with van der Waals surface area (Å²) in [6.45, 7) is 10.5. The van der Waals surface area contributed by atoms with E-state index in [0.29, 0.717) is 12.3 Å². The summed E-state index contributed by atoms with van der Waals surface area (Å²) in [6.07, 6.45) is 0.172. The van der Waals surface area contributed by atoms with Crippen LogP contribution in [0.1, 0.15) is 48.0 Å². The smallest absolute Gasteiger partial charge is 0.305 e. The van der Waals surface area contributed by atoms with Gasteiger partial charge >= 0.3 is 11.9 Å². The summed E-state index contributed by atoms with van der Waals surface area (Å²) in [4.78, 5) is 19.4. The number of hydrogen-bond acceptors (Lipinski definition) is 4. The minimum absolute atomic E-state index is 0.113. The molecule has 0 aromatic rings. The fourth-order valence-corrected chi connectivity index (χ4v) is 0.619. The zero-order valence-corrected chi connectivity index (χ0v) is 13.3. The molecular weight excluding hydrogens is 264 g/mol. The Morgan fingerprint density at radius 2 is 1.10 bits per heavy atom. The van der Waals surface area contributed by atoms with E-state index in [1.54, 1.807) is 27.7 Å². The maximum absolute atomic E-state index is 9.70. The molecule has 0 heterocycles. The molecule has 0 rings (SSSR count). The van der Waals surface area contributed by atoms with Crippen LogP contribution in [0.25, 0.3) is 0 Å². The average molecular weight is 294 g/mol. The van der Waals surface area contributed by atoms with Crippen LogP contribution in [0.15, 0.2) is 0 Å². The van der Waals surface area contributed by atoms with E-state index in [0.717, 1.165) is 0 Å². The molecule has 0 radical (unpaired) electrons. The van der Waals surface area contributed by atoms with Crippen LogP contribution in [0, 0.1) is 17.8 Å². The van der Waals surface area contributed by atoms with Gasteiger partial charge in [-0.1, -0.05) is 41.5 Å². The van der Waals surface area contributed by atoms with E-state index in [-0.39, 0.29) is 18.4 Å². The molecule has 0 fully saturated rings. The fraction of sp³-hybridized carbons (Fsp3) is 0.857. The van der Waals surface area contributed by atoms with Crippen LogP contribution >= 0.6 is 0 Å². The van der Waals surface area contributed by atoms with Gasteiger partial charge < -0.3 is 20.4 Å². The molecule has 0 aromatic heterocycles. The summed E-state index contributed by atoms with van der Waals surface area (Å²) in [6, 6.07) is 0. The lowest BCUT2D eigenvalue weighted by molar-refractivity contribution is -0.141. The molecule has 0 aliphatic carbocycles. The molecule has 122 valence electrons. The lowest BCUT2D eigenvalue weighted by Crippen LogP contribution is -2.14. The second-order valence-electron chi connectivity index (χ2n) is 5.45. The van der Waals surface area contributed by atoms with E-state index in [2.05, 4.69) is 0 Å². The van der Waals surface area contributed by atoms with E-state index < -0.39 is 18.0 Å². The molecular formula is C14H30O6. The molecule has 4 N–H and O–H groups in total. The van der Waals surface area contributed by atoms with Crippen molar-refractivity contribution in [2.24, 2.45) is 17.8 Å². The van der Waals surface area contributed by atoms with Crippen LogP contribution in [0.3, 0.4) is 0 Å². The lowest BCUT2D eigenvalue weighted by Gasteiger charge is -2.08. The fourth-order valence-electron chi connectivity index (χ4n) is 0.619. The summed E-state index contributed by atoms with van der Waals surface area (Å²) in [5, 5.41) is 33.1. The highest BCUT2D eigenvalue weighted by atomic mass is 16.4. The van der Waals surface area contributed by atoms with Gasteiger partial charge in [0.25, 0.3) is 0 Å². The highest BCUT2D eigenvalue weighted by molar-refractivity contribution is 5.69. The predicted molar refractivity (Wildman–Crippen MR) is 77.5 cm³/mol. The molecule has 0 spiro atoms. The number of aliphatic hydroxyl groups excluding tert-OH is 2. The number of carboxylic acids is 2. The third-order valence-corrected chi connectivity index (χ3v) is 1.94. The Balaban J connectivity index is -0.000000221. The van der Waals surface area contributed by atoms with E-state index >= 15 is 0 Å². The third-order valence-electron chi connectivity index (χ3n) is 1.94. The van der Waals surface area contributed by atoms with Crippen molar-refractivity contribution in [3.8, 4) is 0 Å². The molecule has 6 nitrogen and oxygen atoms in total. The van der Waals surface area contributed by atoms with Gasteiger partial charge in [-0.3, -0.25) is 9.59 Å². The van der Waals surface area contributed by atoms with Crippen molar-refractivity contribution in [2.45, 2.75) is 54.1 Å². The van der Waals surface area contributed by atoms with Crippen LogP contribution in [0.4, 0.5) is 0 Å². The summed E-state index contributed by atoms with van der Waals surface area (Å²) in [5.41, 5.74) is 0. The topological polar surface area (TPSA) is 115 Å². The zero-order chi connectivity index (χ0) is 16.9. The van der Waals surface area contributed by atoms with Crippen LogP contribution in [-0.4, -0.2) is 45.1 Å². The monoisotopic (exact) mass is 294 g/mol. The van der Waals surface area contributed by atoms with Crippen LogP contribution in [0.5, 0.6) is 0 Å². The number of aliphatic carboxylic acids is 2. The van der Waals surface area contributed by atoms with Crippen LogP contribution in [0.2, 0.25) is 0 Å². The molecule has 0 amide bonds. The number of hydrogen-bond donors (Lipinski definition) is 4. The Morgan fingerprint density at radius 1 is 0.850 bits per heavy atom. The van der Waals surface area contributed by atoms with Gasteiger partial charge in [0, 0.05) is 0 Å².